The Morgan fingerprint density at radius 3 is 2.54 bits per heavy atom. The second-order valence-electron chi connectivity index (χ2n) is 5.22. The van der Waals surface area contributed by atoms with E-state index >= 15 is 0 Å². The van der Waals surface area contributed by atoms with E-state index in [2.05, 4.69) is 20.9 Å². The van der Waals surface area contributed by atoms with E-state index in [-0.39, 0.29) is 17.7 Å². The van der Waals surface area contributed by atoms with Gasteiger partial charge in [-0.1, -0.05) is 40.9 Å². The molecule has 0 spiro atoms. The van der Waals surface area contributed by atoms with E-state index < -0.39 is 0 Å². The third-order valence-corrected chi connectivity index (χ3v) is 5.74. The zero-order chi connectivity index (χ0) is 18.8. The van der Waals surface area contributed by atoms with Gasteiger partial charge >= 0.3 is 0 Å². The van der Waals surface area contributed by atoms with E-state index in [0.29, 0.717) is 30.2 Å². The van der Waals surface area contributed by atoms with Gasteiger partial charge in [0.15, 0.2) is 10.9 Å². The predicted octanol–water partition coefficient (Wildman–Crippen LogP) is 5.92. The van der Waals surface area contributed by atoms with Crippen LogP contribution in [0, 0.1) is 0 Å². The number of hydrogen-bond acceptors (Lipinski definition) is 4. The first-order valence-corrected chi connectivity index (χ1v) is 9.91. The van der Waals surface area contributed by atoms with Crippen LogP contribution in [0.1, 0.15) is 11.1 Å². The van der Waals surface area contributed by atoms with Gasteiger partial charge in [0.25, 0.3) is 5.91 Å². The van der Waals surface area contributed by atoms with Crippen molar-refractivity contribution in [3.05, 3.63) is 65.9 Å². The fraction of sp³-hybridized carbons (Fsp3) is 0.0588. The average Bonchev–Trinajstić information content (AvgIpc) is 2.87. The van der Waals surface area contributed by atoms with E-state index in [1.165, 1.54) is 0 Å². The molecule has 0 unspecified atom stereocenters. The second-order valence-corrected chi connectivity index (χ2v) is 8.35. The number of benzene rings is 2. The Hall–Kier alpha value is -1.18. The topological polar surface area (TPSA) is 64.7 Å². The highest BCUT2D eigenvalue weighted by atomic mass is 79.9. The average molecular weight is 493 g/mol. The van der Waals surface area contributed by atoms with Gasteiger partial charge in [-0.25, -0.2) is 0 Å². The molecule has 26 heavy (non-hydrogen) atoms. The van der Waals surface area contributed by atoms with Gasteiger partial charge in [0, 0.05) is 0 Å². The van der Waals surface area contributed by atoms with Crippen LogP contribution in [0.4, 0.5) is 0 Å². The molecular weight excluding hydrogens is 483 g/mol. The first kappa shape index (κ1) is 19.6. The third kappa shape index (κ3) is 4.56. The molecule has 1 amide bonds. The highest BCUT2D eigenvalue weighted by Gasteiger charge is 2.20. The van der Waals surface area contributed by atoms with Gasteiger partial charge in [-0.05, 0) is 69.2 Å². The summed E-state index contributed by atoms with van der Waals surface area (Å²) in [6.45, 7) is 0.272. The summed E-state index contributed by atoms with van der Waals surface area (Å²) in [6, 6.07) is 8.76. The number of aliphatic imine (C=N–C) groups is 1. The minimum atomic E-state index is -0.361. The van der Waals surface area contributed by atoms with Crippen LogP contribution in [0.2, 0.25) is 15.1 Å². The van der Waals surface area contributed by atoms with Crippen LogP contribution >= 0.6 is 62.5 Å². The van der Waals surface area contributed by atoms with Gasteiger partial charge in [0.05, 0.1) is 24.4 Å². The summed E-state index contributed by atoms with van der Waals surface area (Å²) in [6.07, 6.45) is 1.68. The lowest BCUT2D eigenvalue weighted by molar-refractivity contribution is -0.113. The van der Waals surface area contributed by atoms with Crippen LogP contribution < -0.4 is 10.5 Å². The monoisotopic (exact) mass is 490 g/mol. The van der Waals surface area contributed by atoms with Crippen molar-refractivity contribution in [1.29, 1.82) is 0 Å². The van der Waals surface area contributed by atoms with Crippen molar-refractivity contribution >= 4 is 79.6 Å². The molecule has 1 heterocycles. The minimum absolute atomic E-state index is 0.230. The largest absolute Gasteiger partial charge is 0.486 e. The summed E-state index contributed by atoms with van der Waals surface area (Å²) in [4.78, 5) is 15.8. The van der Waals surface area contributed by atoms with Gasteiger partial charge in [0.2, 0.25) is 0 Å². The lowest BCUT2D eigenvalue weighted by atomic mass is 10.2. The number of amides is 1. The predicted molar refractivity (Wildman–Crippen MR) is 112 cm³/mol. The first-order chi connectivity index (χ1) is 12.3. The highest BCUT2D eigenvalue weighted by molar-refractivity contribution is 9.10. The van der Waals surface area contributed by atoms with Crippen molar-refractivity contribution in [2.45, 2.75) is 6.61 Å². The Kier molecular flexibility index (Phi) is 6.20. The molecule has 0 saturated heterocycles. The SMILES string of the molecule is NC1=NC(=O)C(=Cc2cc(Cl)c(OCc3ccc(Cl)c(Cl)c3)c(Br)c2)S1. The van der Waals surface area contributed by atoms with Crippen molar-refractivity contribution in [1.82, 2.24) is 0 Å². The van der Waals surface area contributed by atoms with E-state index in [1.54, 1.807) is 30.3 Å². The molecule has 0 bridgehead atoms. The molecule has 0 saturated carbocycles. The zero-order valence-corrected chi connectivity index (χ0v) is 17.6. The smallest absolute Gasteiger partial charge is 0.286 e. The van der Waals surface area contributed by atoms with E-state index in [9.17, 15) is 4.79 Å². The number of amidine groups is 1. The molecule has 3 rings (SSSR count). The standard InChI is InChI=1S/C17H10BrCl3N2O2S/c18-10-3-9(6-14-16(24)23-17(22)26-14)5-13(21)15(10)25-7-8-1-2-11(19)12(20)4-8/h1-6H,7H2,(H2,22,23,24). The molecule has 9 heteroatoms. The molecule has 0 fully saturated rings. The molecule has 2 aromatic carbocycles. The lowest BCUT2D eigenvalue weighted by Gasteiger charge is -2.12. The summed E-state index contributed by atoms with van der Waals surface area (Å²) in [7, 11) is 0. The second kappa shape index (κ2) is 8.23. The Morgan fingerprint density at radius 1 is 1.15 bits per heavy atom. The molecule has 1 aliphatic rings. The number of nitrogens with zero attached hydrogens (tertiary/aromatic N) is 1. The lowest BCUT2D eigenvalue weighted by Crippen LogP contribution is -2.01. The molecule has 2 aromatic rings. The van der Waals surface area contributed by atoms with Crippen LogP contribution in [-0.4, -0.2) is 11.1 Å². The van der Waals surface area contributed by atoms with E-state index in [1.807, 2.05) is 6.07 Å². The fourth-order valence-electron chi connectivity index (χ4n) is 2.16. The Labute approximate surface area is 177 Å². The molecule has 0 radical (unpaired) electrons. The maximum atomic E-state index is 11.7. The molecule has 0 atom stereocenters. The zero-order valence-electron chi connectivity index (χ0n) is 12.9. The Bertz CT molecular complexity index is 940. The van der Waals surface area contributed by atoms with Crippen molar-refractivity contribution in [3.8, 4) is 5.75 Å². The number of rotatable bonds is 4. The number of halogens is 4. The molecule has 1 aliphatic heterocycles. The number of carbonyl (C=O) groups is 1. The van der Waals surface area contributed by atoms with Crippen LogP contribution in [0.5, 0.6) is 5.75 Å². The van der Waals surface area contributed by atoms with Gasteiger partial charge in [-0.15, -0.1) is 0 Å². The highest BCUT2D eigenvalue weighted by Crippen LogP contribution is 2.37. The number of nitrogens with two attached hydrogens (primary N) is 1. The summed E-state index contributed by atoms with van der Waals surface area (Å²) in [5, 5.41) is 1.57. The molecule has 2 N–H and O–H groups in total. The third-order valence-electron chi connectivity index (χ3n) is 3.32. The van der Waals surface area contributed by atoms with Crippen LogP contribution in [0.15, 0.2) is 44.7 Å². The number of carbonyl (C=O) groups excluding carboxylic acids is 1. The summed E-state index contributed by atoms with van der Waals surface area (Å²) in [5.41, 5.74) is 7.13. The summed E-state index contributed by atoms with van der Waals surface area (Å²) in [5.74, 6) is 0.126. The Balaban J connectivity index is 1.78. The quantitative estimate of drug-likeness (QED) is 0.539. The number of hydrogen-bond donors (Lipinski definition) is 1. The maximum absolute atomic E-state index is 11.7. The Morgan fingerprint density at radius 2 is 1.92 bits per heavy atom. The molecule has 0 aliphatic carbocycles. The van der Waals surface area contributed by atoms with Gasteiger partial charge in [-0.3, -0.25) is 4.79 Å². The van der Waals surface area contributed by atoms with Crippen molar-refractivity contribution in [3.63, 3.8) is 0 Å². The fourth-order valence-corrected chi connectivity index (χ4v) is 4.15. The first-order valence-electron chi connectivity index (χ1n) is 7.17. The maximum Gasteiger partial charge on any atom is 0.286 e. The van der Waals surface area contributed by atoms with Crippen LogP contribution in [0.25, 0.3) is 6.08 Å². The summed E-state index contributed by atoms with van der Waals surface area (Å²) >= 11 is 22.8. The molecule has 0 aromatic heterocycles. The van der Waals surface area contributed by atoms with Crippen molar-refractivity contribution in [2.75, 3.05) is 0 Å². The van der Waals surface area contributed by atoms with Gasteiger partial charge in [0.1, 0.15) is 6.61 Å². The number of ether oxygens (including phenoxy) is 1. The minimum Gasteiger partial charge on any atom is -0.486 e. The molecular formula is C17H10BrCl3N2O2S. The van der Waals surface area contributed by atoms with Gasteiger partial charge in [-0.2, -0.15) is 4.99 Å². The molecule has 134 valence electrons. The number of thioether (sulfide) groups is 1. The summed E-state index contributed by atoms with van der Waals surface area (Å²) < 4.78 is 6.45. The normalized spacial score (nSPS) is 15.5. The van der Waals surface area contributed by atoms with E-state index in [0.717, 1.165) is 22.9 Å². The van der Waals surface area contributed by atoms with Crippen molar-refractivity contribution in [2.24, 2.45) is 10.7 Å². The van der Waals surface area contributed by atoms with Crippen molar-refractivity contribution < 1.29 is 9.53 Å². The van der Waals surface area contributed by atoms with Crippen LogP contribution in [0.3, 0.4) is 0 Å². The van der Waals surface area contributed by atoms with E-state index in [4.69, 9.17) is 45.3 Å². The van der Waals surface area contributed by atoms with Crippen LogP contribution in [-0.2, 0) is 11.4 Å². The molecule has 4 nitrogen and oxygen atoms in total. The van der Waals surface area contributed by atoms with Gasteiger partial charge < -0.3 is 10.5 Å².